The third-order valence-corrected chi connectivity index (χ3v) is 10.2. The van der Waals surface area contributed by atoms with Crippen LogP contribution in [-0.2, 0) is 4.79 Å². The van der Waals surface area contributed by atoms with Crippen molar-refractivity contribution in [3.05, 3.63) is 0 Å². The molecule has 21 heavy (non-hydrogen) atoms. The van der Waals surface area contributed by atoms with E-state index in [0.29, 0.717) is 15.9 Å². The monoisotopic (exact) mass is 325 g/mol. The van der Waals surface area contributed by atoms with E-state index < -0.39 is 0 Å². The predicted octanol–water partition coefficient (Wildman–Crippen LogP) is 4.00. The molecule has 2 atom stereocenters. The summed E-state index contributed by atoms with van der Waals surface area (Å²) < 4.78 is 0.511. The molecule has 2 saturated heterocycles. The van der Waals surface area contributed by atoms with E-state index in [1.807, 2.05) is 0 Å². The van der Waals surface area contributed by atoms with Gasteiger partial charge in [-0.1, -0.05) is 6.42 Å². The van der Waals surface area contributed by atoms with Gasteiger partial charge in [0.15, 0.2) is 0 Å². The topological polar surface area (TPSA) is 20.3 Å². The van der Waals surface area contributed by atoms with Crippen molar-refractivity contribution in [1.82, 2.24) is 4.90 Å². The SMILES string of the molecule is O=C(C1CC2CCCC(C1)C21SCCS1)N1CCCCC1. The van der Waals surface area contributed by atoms with Crippen LogP contribution in [0.4, 0.5) is 0 Å². The summed E-state index contributed by atoms with van der Waals surface area (Å²) in [5, 5.41) is 0. The molecule has 2 aliphatic heterocycles. The molecule has 1 spiro atoms. The summed E-state index contributed by atoms with van der Waals surface area (Å²) in [5.74, 6) is 5.15. The predicted molar refractivity (Wildman–Crippen MR) is 91.6 cm³/mol. The first-order valence-electron chi connectivity index (χ1n) is 8.86. The van der Waals surface area contributed by atoms with Crippen LogP contribution in [0.2, 0.25) is 0 Å². The molecule has 1 amide bonds. The number of hydrogen-bond donors (Lipinski definition) is 0. The molecule has 0 aromatic rings. The lowest BCUT2D eigenvalue weighted by Crippen LogP contribution is -2.50. The second-order valence-electron chi connectivity index (χ2n) is 7.30. The van der Waals surface area contributed by atoms with Crippen molar-refractivity contribution in [2.75, 3.05) is 24.6 Å². The van der Waals surface area contributed by atoms with E-state index in [-0.39, 0.29) is 0 Å². The van der Waals surface area contributed by atoms with Gasteiger partial charge in [-0.2, -0.15) is 0 Å². The van der Waals surface area contributed by atoms with Crippen LogP contribution in [0.5, 0.6) is 0 Å². The first-order chi connectivity index (χ1) is 10.3. The van der Waals surface area contributed by atoms with Gasteiger partial charge in [0.2, 0.25) is 5.91 Å². The summed E-state index contributed by atoms with van der Waals surface area (Å²) in [7, 11) is 0. The van der Waals surface area contributed by atoms with Crippen LogP contribution in [0.15, 0.2) is 0 Å². The highest BCUT2D eigenvalue weighted by atomic mass is 32.2. The molecule has 2 nitrogen and oxygen atoms in total. The Balaban J connectivity index is 1.49. The number of nitrogens with zero attached hydrogens (tertiary/aromatic N) is 1. The second kappa shape index (κ2) is 5.99. The Morgan fingerprint density at radius 3 is 2.14 bits per heavy atom. The summed E-state index contributed by atoms with van der Waals surface area (Å²) >= 11 is 4.49. The third kappa shape index (κ3) is 2.54. The number of carbonyl (C=O) groups excluding carboxylic acids is 1. The number of thioether (sulfide) groups is 2. The van der Waals surface area contributed by atoms with Crippen molar-refractivity contribution in [3.63, 3.8) is 0 Å². The molecule has 4 fully saturated rings. The summed E-state index contributed by atoms with van der Waals surface area (Å²) in [6, 6.07) is 0. The number of carbonyl (C=O) groups is 1. The zero-order valence-corrected chi connectivity index (χ0v) is 14.5. The summed E-state index contributed by atoms with van der Waals surface area (Å²) in [4.78, 5) is 15.1. The van der Waals surface area contributed by atoms with Crippen LogP contribution in [0.3, 0.4) is 0 Å². The molecule has 0 aromatic carbocycles. The summed E-state index contributed by atoms with van der Waals surface area (Å²) in [6.45, 7) is 2.05. The van der Waals surface area contributed by atoms with Gasteiger partial charge in [0.25, 0.3) is 0 Å². The smallest absolute Gasteiger partial charge is 0.225 e. The van der Waals surface area contributed by atoms with Gasteiger partial charge in [-0.05, 0) is 56.8 Å². The maximum atomic E-state index is 12.9. The van der Waals surface area contributed by atoms with Crippen molar-refractivity contribution in [2.45, 2.75) is 55.4 Å². The van der Waals surface area contributed by atoms with Gasteiger partial charge in [0.05, 0.1) is 4.08 Å². The molecule has 2 unspecified atom stereocenters. The van der Waals surface area contributed by atoms with E-state index >= 15 is 0 Å². The highest BCUT2D eigenvalue weighted by Gasteiger charge is 2.55. The van der Waals surface area contributed by atoms with E-state index in [9.17, 15) is 4.79 Å². The second-order valence-corrected chi connectivity index (χ2v) is 10.3. The van der Waals surface area contributed by atoms with Gasteiger partial charge in [0.1, 0.15) is 0 Å². The van der Waals surface area contributed by atoms with Gasteiger partial charge in [-0.25, -0.2) is 0 Å². The van der Waals surface area contributed by atoms with Gasteiger partial charge in [-0.3, -0.25) is 4.79 Å². The number of hydrogen-bond acceptors (Lipinski definition) is 3. The van der Waals surface area contributed by atoms with Crippen LogP contribution in [0, 0.1) is 17.8 Å². The average Bonchev–Trinajstić information content (AvgIpc) is 2.97. The van der Waals surface area contributed by atoms with Crippen LogP contribution in [0.1, 0.15) is 51.4 Å². The normalized spacial score (nSPS) is 38.7. The highest BCUT2D eigenvalue weighted by molar-refractivity contribution is 8.21. The van der Waals surface area contributed by atoms with Crippen molar-refractivity contribution < 1.29 is 4.79 Å². The molecule has 0 N–H and O–H groups in total. The molecule has 2 heterocycles. The van der Waals surface area contributed by atoms with Crippen molar-refractivity contribution in [2.24, 2.45) is 17.8 Å². The molecular weight excluding hydrogens is 298 g/mol. The molecule has 0 radical (unpaired) electrons. The van der Waals surface area contributed by atoms with E-state index in [1.165, 1.54) is 62.9 Å². The Bertz CT molecular complexity index is 386. The first-order valence-corrected chi connectivity index (χ1v) is 10.8. The number of likely N-dealkylation sites (tertiary alicyclic amines) is 1. The largest absolute Gasteiger partial charge is 0.342 e. The third-order valence-electron chi connectivity index (χ3n) is 6.14. The fourth-order valence-electron chi connectivity index (χ4n) is 5.18. The lowest BCUT2D eigenvalue weighted by molar-refractivity contribution is -0.139. The molecule has 0 aromatic heterocycles. The van der Waals surface area contributed by atoms with Crippen LogP contribution < -0.4 is 0 Å². The number of piperidine rings is 1. The Kier molecular flexibility index (Phi) is 4.21. The molecule has 4 aliphatic rings. The molecule has 118 valence electrons. The maximum absolute atomic E-state index is 12.9. The van der Waals surface area contributed by atoms with E-state index in [0.717, 1.165) is 24.9 Å². The van der Waals surface area contributed by atoms with Gasteiger partial charge in [-0.15, -0.1) is 23.5 Å². The average molecular weight is 326 g/mol. The lowest BCUT2D eigenvalue weighted by atomic mass is 9.66. The molecule has 2 aliphatic carbocycles. The summed E-state index contributed by atoms with van der Waals surface area (Å²) in [6.07, 6.45) is 10.3. The lowest BCUT2D eigenvalue weighted by Gasteiger charge is -2.52. The fourth-order valence-corrected chi connectivity index (χ4v) is 9.12. The van der Waals surface area contributed by atoms with Crippen LogP contribution in [0.25, 0.3) is 0 Å². The zero-order valence-electron chi connectivity index (χ0n) is 12.9. The van der Waals surface area contributed by atoms with Crippen molar-refractivity contribution in [1.29, 1.82) is 0 Å². The number of amides is 1. The standard InChI is InChI=1S/C17H27NOS2/c19-16(18-7-2-1-3-8-18)13-11-14-5-4-6-15(12-13)17(14)20-9-10-21-17/h13-15H,1-12H2. The van der Waals surface area contributed by atoms with Crippen molar-refractivity contribution in [3.8, 4) is 0 Å². The van der Waals surface area contributed by atoms with E-state index in [1.54, 1.807) is 0 Å². The Labute approximate surface area is 137 Å². The highest BCUT2D eigenvalue weighted by Crippen LogP contribution is 2.64. The molecule has 2 bridgehead atoms. The van der Waals surface area contributed by atoms with Crippen molar-refractivity contribution >= 4 is 29.4 Å². The first kappa shape index (κ1) is 14.7. The van der Waals surface area contributed by atoms with E-state index in [2.05, 4.69) is 28.4 Å². The fraction of sp³-hybridized carbons (Fsp3) is 0.941. The van der Waals surface area contributed by atoms with Gasteiger partial charge < -0.3 is 4.90 Å². The van der Waals surface area contributed by atoms with Crippen LogP contribution >= 0.6 is 23.5 Å². The maximum Gasteiger partial charge on any atom is 0.225 e. The molecular formula is C17H27NOS2. The van der Waals surface area contributed by atoms with Crippen LogP contribution in [-0.4, -0.2) is 39.5 Å². The van der Waals surface area contributed by atoms with Gasteiger partial charge in [0, 0.05) is 30.5 Å². The minimum Gasteiger partial charge on any atom is -0.342 e. The summed E-state index contributed by atoms with van der Waals surface area (Å²) in [5.41, 5.74) is 0. The Morgan fingerprint density at radius 2 is 1.52 bits per heavy atom. The number of rotatable bonds is 1. The minimum absolute atomic E-state index is 0.353. The zero-order chi connectivity index (χ0) is 14.3. The Hall–Kier alpha value is 0.170. The quantitative estimate of drug-likeness (QED) is 0.727. The van der Waals surface area contributed by atoms with Gasteiger partial charge >= 0.3 is 0 Å². The minimum atomic E-state index is 0.353. The molecule has 4 heteroatoms. The molecule has 4 rings (SSSR count). The van der Waals surface area contributed by atoms with E-state index in [4.69, 9.17) is 0 Å². The Morgan fingerprint density at radius 1 is 0.905 bits per heavy atom. The molecule has 2 saturated carbocycles.